The third-order valence-electron chi connectivity index (χ3n) is 1.65. The Balaban J connectivity index is 3.50. The van der Waals surface area contributed by atoms with E-state index in [-0.39, 0.29) is 0 Å². The van der Waals surface area contributed by atoms with Crippen molar-refractivity contribution in [3.05, 3.63) is 0 Å². The normalized spacial score (nSPS) is 15.1. The first-order chi connectivity index (χ1) is 6.07. The molecule has 0 aromatic carbocycles. The molecule has 4 heteroatoms. The summed E-state index contributed by atoms with van der Waals surface area (Å²) in [7, 11) is 0. The zero-order valence-corrected chi connectivity index (χ0v) is 8.19. The quantitative estimate of drug-likeness (QED) is 0.369. The number of aliphatic hydroxyl groups is 2. The zero-order chi connectivity index (χ0) is 10.3. The second kappa shape index (κ2) is 6.86. The minimum absolute atomic E-state index is 0.303. The fourth-order valence-electron chi connectivity index (χ4n) is 0.811. The molecule has 2 N–H and O–H groups in total. The largest absolute Gasteiger partial charge is 0.433 e. The van der Waals surface area contributed by atoms with E-state index in [4.69, 9.17) is 10.2 Å². The van der Waals surface area contributed by atoms with Crippen molar-refractivity contribution in [3.8, 4) is 0 Å². The van der Waals surface area contributed by atoms with E-state index in [2.05, 4.69) is 4.74 Å². The summed E-state index contributed by atoms with van der Waals surface area (Å²) in [6, 6.07) is 0. The van der Waals surface area contributed by atoms with Crippen molar-refractivity contribution in [2.24, 2.45) is 0 Å². The zero-order valence-electron chi connectivity index (χ0n) is 8.19. The molecule has 0 radical (unpaired) electrons. The molecule has 0 amide bonds. The molecule has 0 aromatic rings. The van der Waals surface area contributed by atoms with Crippen molar-refractivity contribution in [3.63, 3.8) is 0 Å². The van der Waals surface area contributed by atoms with Gasteiger partial charge in [-0.2, -0.15) is 0 Å². The summed E-state index contributed by atoms with van der Waals surface area (Å²) in [6.07, 6.45) is 0.648. The monoisotopic (exact) mass is 190 g/mol. The first-order valence-corrected chi connectivity index (χ1v) is 4.63. The van der Waals surface area contributed by atoms with Gasteiger partial charge >= 0.3 is 5.97 Å². The molecule has 2 atom stereocenters. The maximum absolute atomic E-state index is 10.9. The molecule has 0 spiro atoms. The van der Waals surface area contributed by atoms with Crippen LogP contribution in [0.3, 0.4) is 0 Å². The number of esters is 1. The second-order valence-corrected chi connectivity index (χ2v) is 3.08. The summed E-state index contributed by atoms with van der Waals surface area (Å²) in [5, 5.41) is 17.8. The second-order valence-electron chi connectivity index (χ2n) is 3.08. The third kappa shape index (κ3) is 6.54. The number of hydrogen-bond donors (Lipinski definition) is 2. The van der Waals surface area contributed by atoms with E-state index in [9.17, 15) is 4.79 Å². The number of unbranched alkanes of at least 4 members (excludes halogenated alkanes) is 2. The summed E-state index contributed by atoms with van der Waals surface area (Å²) >= 11 is 0. The number of hydrogen-bond acceptors (Lipinski definition) is 4. The van der Waals surface area contributed by atoms with E-state index < -0.39 is 18.4 Å². The molecule has 0 bridgehead atoms. The SMILES string of the molecule is CCCCCC(=O)OC(O)C(C)O. The van der Waals surface area contributed by atoms with Crippen LogP contribution in [0.2, 0.25) is 0 Å². The van der Waals surface area contributed by atoms with E-state index in [0.717, 1.165) is 19.3 Å². The lowest BCUT2D eigenvalue weighted by Gasteiger charge is -2.13. The molecule has 2 unspecified atom stereocenters. The van der Waals surface area contributed by atoms with Crippen LogP contribution in [0.5, 0.6) is 0 Å². The molecule has 13 heavy (non-hydrogen) atoms. The molecule has 0 saturated carbocycles. The van der Waals surface area contributed by atoms with Crippen LogP contribution in [-0.2, 0) is 9.53 Å². The Morgan fingerprint density at radius 3 is 2.46 bits per heavy atom. The van der Waals surface area contributed by atoms with Crippen molar-refractivity contribution >= 4 is 5.97 Å². The molecule has 0 saturated heterocycles. The van der Waals surface area contributed by atoms with Gasteiger partial charge in [0.2, 0.25) is 6.29 Å². The Labute approximate surface area is 78.5 Å². The first-order valence-electron chi connectivity index (χ1n) is 4.63. The molecule has 0 fully saturated rings. The lowest BCUT2D eigenvalue weighted by molar-refractivity contribution is -0.184. The average Bonchev–Trinajstić information content (AvgIpc) is 2.04. The molecule has 0 rings (SSSR count). The third-order valence-corrected chi connectivity index (χ3v) is 1.65. The fourth-order valence-corrected chi connectivity index (χ4v) is 0.811. The van der Waals surface area contributed by atoms with Gasteiger partial charge in [0.15, 0.2) is 0 Å². The van der Waals surface area contributed by atoms with Gasteiger partial charge in [0.1, 0.15) is 6.10 Å². The van der Waals surface area contributed by atoms with Crippen molar-refractivity contribution < 1.29 is 19.7 Å². The van der Waals surface area contributed by atoms with E-state index in [1.807, 2.05) is 6.92 Å². The number of carbonyl (C=O) groups excluding carboxylic acids is 1. The van der Waals surface area contributed by atoms with Crippen LogP contribution >= 0.6 is 0 Å². The summed E-state index contributed by atoms with van der Waals surface area (Å²) < 4.78 is 4.52. The highest BCUT2D eigenvalue weighted by Gasteiger charge is 2.15. The Hall–Kier alpha value is -0.610. The summed E-state index contributed by atoms with van der Waals surface area (Å²) in [4.78, 5) is 10.9. The van der Waals surface area contributed by atoms with Gasteiger partial charge in [-0.3, -0.25) is 4.79 Å². The van der Waals surface area contributed by atoms with Crippen LogP contribution in [0.15, 0.2) is 0 Å². The van der Waals surface area contributed by atoms with Gasteiger partial charge < -0.3 is 14.9 Å². The van der Waals surface area contributed by atoms with Crippen LogP contribution in [-0.4, -0.2) is 28.6 Å². The van der Waals surface area contributed by atoms with Crippen LogP contribution in [0.1, 0.15) is 39.5 Å². The Bertz CT molecular complexity index is 145. The molecule has 0 aliphatic heterocycles. The predicted molar refractivity (Wildman–Crippen MR) is 47.9 cm³/mol. The molecular formula is C9H18O4. The highest BCUT2D eigenvalue weighted by atomic mass is 16.6. The fraction of sp³-hybridized carbons (Fsp3) is 0.889. The van der Waals surface area contributed by atoms with Crippen molar-refractivity contribution in [1.82, 2.24) is 0 Å². The number of carbonyl (C=O) groups is 1. The Morgan fingerprint density at radius 1 is 1.38 bits per heavy atom. The highest BCUT2D eigenvalue weighted by Crippen LogP contribution is 2.03. The summed E-state index contributed by atoms with van der Waals surface area (Å²) in [5.74, 6) is -0.457. The van der Waals surface area contributed by atoms with Gasteiger partial charge in [0, 0.05) is 6.42 Å². The van der Waals surface area contributed by atoms with Gasteiger partial charge in [0.25, 0.3) is 0 Å². The minimum atomic E-state index is -1.39. The molecule has 0 aromatic heterocycles. The Morgan fingerprint density at radius 2 is 2.00 bits per heavy atom. The molecule has 0 aliphatic rings. The van der Waals surface area contributed by atoms with Crippen LogP contribution in [0.25, 0.3) is 0 Å². The molecular weight excluding hydrogens is 172 g/mol. The number of aliphatic hydroxyl groups excluding tert-OH is 2. The van der Waals surface area contributed by atoms with E-state index in [1.54, 1.807) is 0 Å². The van der Waals surface area contributed by atoms with Gasteiger partial charge in [-0.25, -0.2) is 0 Å². The van der Waals surface area contributed by atoms with E-state index in [1.165, 1.54) is 6.92 Å². The first kappa shape index (κ1) is 12.4. The van der Waals surface area contributed by atoms with Gasteiger partial charge in [-0.15, -0.1) is 0 Å². The molecule has 0 aliphatic carbocycles. The lowest BCUT2D eigenvalue weighted by atomic mass is 10.2. The van der Waals surface area contributed by atoms with Gasteiger partial charge in [-0.1, -0.05) is 19.8 Å². The minimum Gasteiger partial charge on any atom is -0.433 e. The highest BCUT2D eigenvalue weighted by molar-refractivity contribution is 5.69. The molecule has 4 nitrogen and oxygen atoms in total. The summed E-state index contributed by atoms with van der Waals surface area (Å²) in [5.41, 5.74) is 0. The number of rotatable bonds is 6. The summed E-state index contributed by atoms with van der Waals surface area (Å²) in [6.45, 7) is 3.40. The lowest BCUT2D eigenvalue weighted by Crippen LogP contribution is -2.28. The van der Waals surface area contributed by atoms with Crippen LogP contribution < -0.4 is 0 Å². The van der Waals surface area contributed by atoms with Crippen molar-refractivity contribution in [2.45, 2.75) is 51.9 Å². The molecule has 0 heterocycles. The molecule has 78 valence electrons. The van der Waals surface area contributed by atoms with E-state index in [0.29, 0.717) is 6.42 Å². The average molecular weight is 190 g/mol. The maximum Gasteiger partial charge on any atom is 0.308 e. The predicted octanol–water partition coefficient (Wildman–Crippen LogP) is 0.809. The maximum atomic E-state index is 10.9. The number of ether oxygens (including phenoxy) is 1. The van der Waals surface area contributed by atoms with Gasteiger partial charge in [-0.05, 0) is 13.3 Å². The van der Waals surface area contributed by atoms with Crippen molar-refractivity contribution in [1.29, 1.82) is 0 Å². The van der Waals surface area contributed by atoms with Crippen LogP contribution in [0.4, 0.5) is 0 Å². The van der Waals surface area contributed by atoms with E-state index >= 15 is 0 Å². The smallest absolute Gasteiger partial charge is 0.308 e. The van der Waals surface area contributed by atoms with Gasteiger partial charge in [0.05, 0.1) is 0 Å². The topological polar surface area (TPSA) is 66.8 Å². The van der Waals surface area contributed by atoms with Crippen LogP contribution in [0, 0.1) is 0 Å². The standard InChI is InChI=1S/C9H18O4/c1-3-4-5-6-8(11)13-9(12)7(2)10/h7,9-10,12H,3-6H2,1-2H3. The van der Waals surface area contributed by atoms with Crippen molar-refractivity contribution in [2.75, 3.05) is 0 Å². The Kier molecular flexibility index (Phi) is 6.54.